The quantitative estimate of drug-likeness (QED) is 0.852. The Bertz CT molecular complexity index is 351. The predicted molar refractivity (Wildman–Crippen MR) is 70.1 cm³/mol. The summed E-state index contributed by atoms with van der Waals surface area (Å²) < 4.78 is 6.42. The number of aliphatic hydroxyl groups is 1. The molecule has 4 heteroatoms. The second-order valence-electron chi connectivity index (χ2n) is 4.55. The van der Waals surface area contributed by atoms with Gasteiger partial charge in [-0.3, -0.25) is 0 Å². The highest BCUT2D eigenvalue weighted by atomic mass is 79.9. The summed E-state index contributed by atoms with van der Waals surface area (Å²) in [5, 5.41) is 8.45. The highest BCUT2D eigenvalue weighted by Gasteiger charge is 2.19. The molecule has 0 radical (unpaired) electrons. The third-order valence-electron chi connectivity index (χ3n) is 3.10. The van der Waals surface area contributed by atoms with Crippen molar-refractivity contribution >= 4 is 15.9 Å². The van der Waals surface area contributed by atoms with E-state index in [-0.39, 0.29) is 6.10 Å². The van der Waals surface area contributed by atoms with Crippen LogP contribution in [0.3, 0.4) is 0 Å². The number of rotatable bonds is 2. The zero-order valence-electron chi connectivity index (χ0n) is 9.81. The minimum absolute atomic E-state index is 0.0648. The molecule has 0 amide bonds. The van der Waals surface area contributed by atoms with Crippen LogP contribution in [0, 0.1) is 0 Å². The van der Waals surface area contributed by atoms with Crippen molar-refractivity contribution in [3.05, 3.63) is 22.8 Å². The molecule has 0 unspecified atom stereocenters. The van der Waals surface area contributed by atoms with E-state index in [4.69, 9.17) is 9.84 Å². The van der Waals surface area contributed by atoms with Crippen LogP contribution >= 0.6 is 15.9 Å². The topological polar surface area (TPSA) is 42.4 Å². The number of pyridine rings is 1. The summed E-state index contributed by atoms with van der Waals surface area (Å²) in [5.74, 6) is 0.731. The molecule has 0 saturated heterocycles. The minimum Gasteiger partial charge on any atom is -0.474 e. The zero-order valence-corrected chi connectivity index (χ0v) is 11.4. The first-order valence-corrected chi connectivity index (χ1v) is 7.00. The number of ether oxygens (including phenoxy) is 1. The fourth-order valence-corrected chi connectivity index (χ4v) is 1.83. The van der Waals surface area contributed by atoms with E-state index in [1.165, 1.54) is 25.7 Å². The number of aliphatic hydroxyl groups excluding tert-OH is 1. The number of hydrogen-bond acceptors (Lipinski definition) is 3. The van der Waals surface area contributed by atoms with Crippen molar-refractivity contribution in [1.29, 1.82) is 0 Å². The van der Waals surface area contributed by atoms with E-state index >= 15 is 0 Å². The van der Waals surface area contributed by atoms with Crippen molar-refractivity contribution in [2.45, 2.75) is 50.7 Å². The van der Waals surface area contributed by atoms with Crippen LogP contribution in [0.4, 0.5) is 0 Å². The number of halogens is 1. The number of nitrogens with zero attached hydrogens (tertiary/aromatic N) is 1. The molecule has 0 atom stereocenters. The predicted octanol–water partition coefficient (Wildman–Crippen LogP) is 3.31. The van der Waals surface area contributed by atoms with Gasteiger partial charge in [0, 0.05) is 6.07 Å². The van der Waals surface area contributed by atoms with E-state index in [0.29, 0.717) is 6.10 Å². The minimum atomic E-state index is 0.0648. The average Bonchev–Trinajstić information content (AvgIpc) is 2.22. The third-order valence-corrected chi connectivity index (χ3v) is 3.55. The average molecular weight is 300 g/mol. The maximum Gasteiger partial charge on any atom is 0.214 e. The molecule has 0 aliphatic heterocycles. The molecule has 94 valence electrons. The van der Waals surface area contributed by atoms with E-state index in [2.05, 4.69) is 20.9 Å². The van der Waals surface area contributed by atoms with E-state index in [1.807, 2.05) is 18.2 Å². The van der Waals surface area contributed by atoms with Gasteiger partial charge in [0.1, 0.15) is 10.7 Å². The molecule has 1 aromatic rings. The first kappa shape index (κ1) is 12.8. The Morgan fingerprint density at radius 3 is 2.24 bits per heavy atom. The van der Waals surface area contributed by atoms with Crippen LogP contribution in [0.25, 0.3) is 0 Å². The van der Waals surface area contributed by atoms with Crippen molar-refractivity contribution < 1.29 is 9.84 Å². The third kappa shape index (κ3) is 4.28. The summed E-state index contributed by atoms with van der Waals surface area (Å²) >= 11 is 3.30. The summed E-state index contributed by atoms with van der Waals surface area (Å²) in [5.41, 5.74) is 0. The van der Waals surface area contributed by atoms with Gasteiger partial charge < -0.3 is 9.84 Å². The van der Waals surface area contributed by atoms with Crippen LogP contribution in [-0.4, -0.2) is 22.3 Å². The first-order valence-electron chi connectivity index (χ1n) is 6.21. The van der Waals surface area contributed by atoms with Crippen LogP contribution < -0.4 is 4.74 Å². The van der Waals surface area contributed by atoms with E-state index < -0.39 is 0 Å². The van der Waals surface area contributed by atoms with Crippen molar-refractivity contribution in [3.8, 4) is 5.88 Å². The second kappa shape index (κ2) is 6.36. The van der Waals surface area contributed by atoms with Gasteiger partial charge in [0.25, 0.3) is 0 Å². The van der Waals surface area contributed by atoms with Crippen LogP contribution in [0.15, 0.2) is 22.8 Å². The van der Waals surface area contributed by atoms with Gasteiger partial charge in [-0.05, 0) is 60.5 Å². The Kier molecular flexibility index (Phi) is 4.80. The van der Waals surface area contributed by atoms with Crippen LogP contribution in [0.1, 0.15) is 38.5 Å². The smallest absolute Gasteiger partial charge is 0.214 e. The molecule has 2 saturated carbocycles. The lowest BCUT2D eigenvalue weighted by Crippen LogP contribution is -2.24. The van der Waals surface area contributed by atoms with Crippen molar-refractivity contribution in [2.24, 2.45) is 0 Å². The molecule has 2 aliphatic carbocycles. The Balaban J connectivity index is 0.000000181. The molecule has 0 bridgehead atoms. The largest absolute Gasteiger partial charge is 0.474 e. The summed E-state index contributed by atoms with van der Waals surface area (Å²) in [6, 6.07) is 5.72. The van der Waals surface area contributed by atoms with Gasteiger partial charge in [0.05, 0.1) is 6.10 Å². The lowest BCUT2D eigenvalue weighted by molar-refractivity contribution is 0.0950. The van der Waals surface area contributed by atoms with Crippen LogP contribution in [0.5, 0.6) is 5.88 Å². The molecule has 1 aromatic heterocycles. The maximum atomic E-state index is 8.45. The lowest BCUT2D eigenvalue weighted by atomic mass is 9.96. The Morgan fingerprint density at radius 2 is 1.82 bits per heavy atom. The molecule has 3 rings (SSSR count). The van der Waals surface area contributed by atoms with Gasteiger partial charge >= 0.3 is 0 Å². The monoisotopic (exact) mass is 299 g/mol. The molecule has 17 heavy (non-hydrogen) atoms. The SMILES string of the molecule is Brc1cccc(OC2CCC2)n1.OC1CCC1. The van der Waals surface area contributed by atoms with Gasteiger partial charge in [0.15, 0.2) is 0 Å². The molecule has 1 heterocycles. The van der Waals surface area contributed by atoms with Crippen molar-refractivity contribution in [2.75, 3.05) is 0 Å². The van der Waals surface area contributed by atoms with E-state index in [1.54, 1.807) is 0 Å². The van der Waals surface area contributed by atoms with Gasteiger partial charge in [-0.25, -0.2) is 4.98 Å². The van der Waals surface area contributed by atoms with Gasteiger partial charge in [-0.15, -0.1) is 0 Å². The summed E-state index contributed by atoms with van der Waals surface area (Å²) in [6.07, 6.45) is 7.43. The van der Waals surface area contributed by atoms with Gasteiger partial charge in [0.2, 0.25) is 5.88 Å². The fraction of sp³-hybridized carbons (Fsp3) is 0.615. The lowest BCUT2D eigenvalue weighted by Gasteiger charge is -2.25. The zero-order chi connectivity index (χ0) is 12.1. The number of aromatic nitrogens is 1. The van der Waals surface area contributed by atoms with Gasteiger partial charge in [-0.1, -0.05) is 6.07 Å². The summed E-state index contributed by atoms with van der Waals surface area (Å²) in [6.45, 7) is 0. The molecular weight excluding hydrogens is 282 g/mol. The van der Waals surface area contributed by atoms with Crippen LogP contribution in [0.2, 0.25) is 0 Å². The molecule has 3 nitrogen and oxygen atoms in total. The Hall–Kier alpha value is -0.610. The van der Waals surface area contributed by atoms with Crippen molar-refractivity contribution in [1.82, 2.24) is 4.98 Å². The summed E-state index contributed by atoms with van der Waals surface area (Å²) in [4.78, 5) is 4.19. The molecule has 2 aliphatic rings. The Morgan fingerprint density at radius 1 is 1.18 bits per heavy atom. The van der Waals surface area contributed by atoms with E-state index in [0.717, 1.165) is 23.3 Å². The molecule has 0 aromatic carbocycles. The first-order chi connectivity index (χ1) is 8.24. The molecular formula is C13H18BrNO2. The van der Waals surface area contributed by atoms with Gasteiger partial charge in [-0.2, -0.15) is 0 Å². The second-order valence-corrected chi connectivity index (χ2v) is 5.37. The number of hydrogen-bond donors (Lipinski definition) is 1. The maximum absolute atomic E-state index is 8.45. The molecule has 1 N–H and O–H groups in total. The van der Waals surface area contributed by atoms with Crippen molar-refractivity contribution in [3.63, 3.8) is 0 Å². The highest BCUT2D eigenvalue weighted by Crippen LogP contribution is 2.24. The normalized spacial score (nSPS) is 19.6. The highest BCUT2D eigenvalue weighted by molar-refractivity contribution is 9.10. The Labute approximate surface area is 110 Å². The molecule has 2 fully saturated rings. The fourth-order valence-electron chi connectivity index (χ4n) is 1.50. The summed E-state index contributed by atoms with van der Waals surface area (Å²) in [7, 11) is 0. The molecule has 0 spiro atoms. The van der Waals surface area contributed by atoms with E-state index in [9.17, 15) is 0 Å². The van der Waals surface area contributed by atoms with Crippen LogP contribution in [-0.2, 0) is 0 Å². The standard InChI is InChI=1S/C9H10BrNO.C4H8O/c10-8-5-2-6-9(11-8)12-7-3-1-4-7;5-4-2-1-3-4/h2,5-7H,1,3-4H2;4-5H,1-3H2.